The molecule has 0 amide bonds. The number of hydrogen-bond donors (Lipinski definition) is 2. The van der Waals surface area contributed by atoms with E-state index in [2.05, 4.69) is 0 Å². The first-order valence-corrected chi connectivity index (χ1v) is 6.51. The second kappa shape index (κ2) is 6.67. The van der Waals surface area contributed by atoms with Crippen LogP contribution in [0.15, 0.2) is 42.5 Å². The molecule has 0 aromatic heterocycles. The Morgan fingerprint density at radius 1 is 1.05 bits per heavy atom. The Labute approximate surface area is 128 Å². The predicted molar refractivity (Wildman–Crippen MR) is 82.7 cm³/mol. The normalized spacial score (nSPS) is 10.6. The summed E-state index contributed by atoms with van der Waals surface area (Å²) in [7, 11) is 2.86. The molecule has 114 valence electrons. The third-order valence-corrected chi connectivity index (χ3v) is 3.06. The second-order valence-corrected chi connectivity index (χ2v) is 4.52. The molecule has 0 heterocycles. The quantitative estimate of drug-likeness (QED) is 0.655. The third-order valence-electron chi connectivity index (χ3n) is 3.06. The largest absolute Gasteiger partial charge is 0.508 e. The molecule has 2 N–H and O–H groups in total. The van der Waals surface area contributed by atoms with E-state index in [-0.39, 0.29) is 28.8 Å². The van der Waals surface area contributed by atoms with E-state index in [0.717, 1.165) is 0 Å². The molecule has 5 nitrogen and oxygen atoms in total. The fourth-order valence-electron chi connectivity index (χ4n) is 1.94. The minimum absolute atomic E-state index is 0.0345. The van der Waals surface area contributed by atoms with Gasteiger partial charge < -0.3 is 19.7 Å². The van der Waals surface area contributed by atoms with Crippen LogP contribution in [0, 0.1) is 0 Å². The molecular weight excluding hydrogens is 284 g/mol. The Balaban J connectivity index is 2.28. The van der Waals surface area contributed by atoms with E-state index in [1.54, 1.807) is 30.3 Å². The van der Waals surface area contributed by atoms with E-state index in [4.69, 9.17) is 9.47 Å². The average Bonchev–Trinajstić information content (AvgIpc) is 2.53. The van der Waals surface area contributed by atoms with E-state index in [1.165, 1.54) is 32.4 Å². The summed E-state index contributed by atoms with van der Waals surface area (Å²) in [5.74, 6) is 0.197. The average molecular weight is 300 g/mol. The fraction of sp³-hybridized carbons (Fsp3) is 0.118. The van der Waals surface area contributed by atoms with Gasteiger partial charge in [-0.25, -0.2) is 0 Å². The molecule has 0 fully saturated rings. The minimum Gasteiger partial charge on any atom is -0.508 e. The summed E-state index contributed by atoms with van der Waals surface area (Å²) in [5.41, 5.74) is 1.02. The van der Waals surface area contributed by atoms with Gasteiger partial charge in [0.2, 0.25) is 5.75 Å². The number of carbonyl (C=O) groups excluding carboxylic acids is 1. The molecule has 0 aliphatic heterocycles. The van der Waals surface area contributed by atoms with Crippen molar-refractivity contribution in [2.24, 2.45) is 0 Å². The number of ketones is 1. The summed E-state index contributed by atoms with van der Waals surface area (Å²) in [6.45, 7) is 0. The molecule has 2 aromatic rings. The zero-order valence-corrected chi connectivity index (χ0v) is 12.2. The lowest BCUT2D eigenvalue weighted by molar-refractivity contribution is 0.104. The van der Waals surface area contributed by atoms with Crippen LogP contribution in [0.5, 0.6) is 23.0 Å². The molecule has 0 spiro atoms. The van der Waals surface area contributed by atoms with E-state index in [9.17, 15) is 15.0 Å². The van der Waals surface area contributed by atoms with Gasteiger partial charge in [0.25, 0.3) is 0 Å². The monoisotopic (exact) mass is 300 g/mol. The number of carbonyl (C=O) groups is 1. The molecule has 2 rings (SSSR count). The first kappa shape index (κ1) is 15.4. The number of phenols is 2. The van der Waals surface area contributed by atoms with Crippen LogP contribution in [0.3, 0.4) is 0 Å². The lowest BCUT2D eigenvalue weighted by Crippen LogP contribution is -1.94. The van der Waals surface area contributed by atoms with Crippen LogP contribution in [-0.4, -0.2) is 30.2 Å². The van der Waals surface area contributed by atoms with Gasteiger partial charge in [0.15, 0.2) is 17.3 Å². The summed E-state index contributed by atoms with van der Waals surface area (Å²) < 4.78 is 10.1. The van der Waals surface area contributed by atoms with Crippen LogP contribution < -0.4 is 9.47 Å². The molecule has 22 heavy (non-hydrogen) atoms. The van der Waals surface area contributed by atoms with Gasteiger partial charge in [0.1, 0.15) is 5.75 Å². The van der Waals surface area contributed by atoms with Gasteiger partial charge in [0, 0.05) is 5.56 Å². The highest BCUT2D eigenvalue weighted by molar-refractivity contribution is 6.07. The Morgan fingerprint density at radius 3 is 2.23 bits per heavy atom. The first-order valence-electron chi connectivity index (χ1n) is 6.51. The van der Waals surface area contributed by atoms with Crippen LogP contribution in [-0.2, 0) is 0 Å². The van der Waals surface area contributed by atoms with Gasteiger partial charge in [0.05, 0.1) is 14.2 Å². The fourth-order valence-corrected chi connectivity index (χ4v) is 1.94. The van der Waals surface area contributed by atoms with Crippen LogP contribution in [0.1, 0.15) is 15.9 Å². The zero-order valence-electron chi connectivity index (χ0n) is 12.2. The van der Waals surface area contributed by atoms with Crippen molar-refractivity contribution in [3.8, 4) is 23.0 Å². The lowest BCUT2D eigenvalue weighted by atomic mass is 10.1. The van der Waals surface area contributed by atoms with Crippen molar-refractivity contribution in [3.05, 3.63) is 53.6 Å². The molecule has 0 saturated heterocycles. The Morgan fingerprint density at radius 2 is 1.68 bits per heavy atom. The topological polar surface area (TPSA) is 76.0 Å². The van der Waals surface area contributed by atoms with Crippen molar-refractivity contribution in [1.82, 2.24) is 0 Å². The highest BCUT2D eigenvalue weighted by Crippen LogP contribution is 2.37. The van der Waals surface area contributed by atoms with Gasteiger partial charge in [-0.3, -0.25) is 4.79 Å². The van der Waals surface area contributed by atoms with E-state index in [0.29, 0.717) is 11.1 Å². The maximum Gasteiger partial charge on any atom is 0.200 e. The van der Waals surface area contributed by atoms with Crippen LogP contribution >= 0.6 is 0 Å². The Kier molecular flexibility index (Phi) is 4.68. The van der Waals surface area contributed by atoms with Crippen molar-refractivity contribution >= 4 is 11.9 Å². The van der Waals surface area contributed by atoms with Crippen LogP contribution in [0.4, 0.5) is 0 Å². The SMILES string of the molecule is COc1cc(/C=C\C(=O)c2cccc(O)c2)cc(OC)c1O. The van der Waals surface area contributed by atoms with Crippen molar-refractivity contribution in [1.29, 1.82) is 0 Å². The molecule has 0 saturated carbocycles. The van der Waals surface area contributed by atoms with E-state index in [1.807, 2.05) is 0 Å². The van der Waals surface area contributed by atoms with Crippen LogP contribution in [0.2, 0.25) is 0 Å². The number of ether oxygens (including phenoxy) is 2. The molecule has 0 bridgehead atoms. The maximum atomic E-state index is 12.0. The summed E-state index contributed by atoms with van der Waals surface area (Å²) in [4.78, 5) is 12.0. The number of phenolic OH excluding ortho intramolecular Hbond substituents is 2. The molecular formula is C17H16O5. The summed E-state index contributed by atoms with van der Waals surface area (Å²) in [6.07, 6.45) is 2.96. The van der Waals surface area contributed by atoms with Crippen molar-refractivity contribution in [2.45, 2.75) is 0 Å². The standard InChI is InChI=1S/C17H16O5/c1-21-15-8-11(9-16(22-2)17(15)20)6-7-14(19)12-4-3-5-13(18)10-12/h3-10,18,20H,1-2H3/b7-6-. The van der Waals surface area contributed by atoms with E-state index >= 15 is 0 Å². The van der Waals surface area contributed by atoms with Gasteiger partial charge >= 0.3 is 0 Å². The number of aromatic hydroxyl groups is 2. The molecule has 0 aliphatic rings. The van der Waals surface area contributed by atoms with Gasteiger partial charge in [-0.1, -0.05) is 18.2 Å². The van der Waals surface area contributed by atoms with Gasteiger partial charge in [-0.2, -0.15) is 0 Å². The highest BCUT2D eigenvalue weighted by Gasteiger charge is 2.10. The Bertz CT molecular complexity index is 694. The van der Waals surface area contributed by atoms with Crippen molar-refractivity contribution in [2.75, 3.05) is 14.2 Å². The second-order valence-electron chi connectivity index (χ2n) is 4.52. The van der Waals surface area contributed by atoms with Gasteiger partial charge in [-0.05, 0) is 35.9 Å². The molecule has 5 heteroatoms. The number of rotatable bonds is 5. The van der Waals surface area contributed by atoms with Gasteiger partial charge in [-0.15, -0.1) is 0 Å². The van der Waals surface area contributed by atoms with Crippen LogP contribution in [0.25, 0.3) is 6.08 Å². The summed E-state index contributed by atoms with van der Waals surface area (Å²) in [5, 5.41) is 19.2. The summed E-state index contributed by atoms with van der Waals surface area (Å²) >= 11 is 0. The minimum atomic E-state index is -0.248. The summed E-state index contributed by atoms with van der Waals surface area (Å²) in [6, 6.07) is 9.28. The highest BCUT2D eigenvalue weighted by atomic mass is 16.5. The van der Waals surface area contributed by atoms with Crippen molar-refractivity contribution in [3.63, 3.8) is 0 Å². The molecule has 0 unspecified atom stereocenters. The molecule has 2 aromatic carbocycles. The number of allylic oxidation sites excluding steroid dienone is 1. The first-order chi connectivity index (χ1) is 10.5. The number of hydrogen-bond acceptors (Lipinski definition) is 5. The third kappa shape index (κ3) is 3.38. The predicted octanol–water partition coefficient (Wildman–Crippen LogP) is 3.01. The number of benzene rings is 2. The maximum absolute atomic E-state index is 12.0. The molecule has 0 radical (unpaired) electrons. The van der Waals surface area contributed by atoms with E-state index < -0.39 is 0 Å². The zero-order chi connectivity index (χ0) is 16.1. The Hall–Kier alpha value is -2.95. The van der Waals surface area contributed by atoms with Crippen molar-refractivity contribution < 1.29 is 24.5 Å². The molecule has 0 atom stereocenters. The number of methoxy groups -OCH3 is 2. The smallest absolute Gasteiger partial charge is 0.200 e. The lowest BCUT2D eigenvalue weighted by Gasteiger charge is -2.09. The molecule has 0 aliphatic carbocycles.